The van der Waals surface area contributed by atoms with E-state index in [1.807, 2.05) is 31.2 Å². The quantitative estimate of drug-likeness (QED) is 0.403. The number of aryl methyl sites for hydroxylation is 1. The normalized spacial score (nSPS) is 27.7. The first kappa shape index (κ1) is 21.1. The predicted molar refractivity (Wildman–Crippen MR) is 123 cm³/mol. The smallest absolute Gasteiger partial charge is 0.241 e. The molecule has 3 heterocycles. The van der Waals surface area contributed by atoms with Gasteiger partial charge in [-0.15, -0.1) is 0 Å². The van der Waals surface area contributed by atoms with Crippen molar-refractivity contribution >= 4 is 52.1 Å². The van der Waals surface area contributed by atoms with Crippen LogP contribution < -0.4 is 15.5 Å². The van der Waals surface area contributed by atoms with Gasteiger partial charge >= 0.3 is 0 Å². The lowest BCUT2D eigenvalue weighted by atomic mass is 9.77. The number of nitrogens with zero attached hydrogens (tertiary/aromatic N) is 1. The summed E-state index contributed by atoms with van der Waals surface area (Å²) in [5.41, 5.74) is 1.15. The van der Waals surface area contributed by atoms with Crippen LogP contribution in [0.15, 0.2) is 54.6 Å². The van der Waals surface area contributed by atoms with Crippen molar-refractivity contribution in [2.45, 2.75) is 18.6 Å². The van der Waals surface area contributed by atoms with E-state index >= 15 is 0 Å². The van der Waals surface area contributed by atoms with Gasteiger partial charge in [0.05, 0.1) is 35.2 Å². The van der Waals surface area contributed by atoms with Gasteiger partial charge in [0.2, 0.25) is 11.8 Å². The third kappa shape index (κ3) is 3.30. The Balaban J connectivity index is 1.32. The highest BCUT2D eigenvalue weighted by Crippen LogP contribution is 2.52. The van der Waals surface area contributed by atoms with Crippen molar-refractivity contribution in [3.63, 3.8) is 0 Å². The summed E-state index contributed by atoms with van der Waals surface area (Å²) in [5.74, 6) is -2.25. The molecule has 9 heteroatoms. The number of fused-ring (bicyclic) bond motifs is 5. The molecule has 0 aliphatic carbocycles. The van der Waals surface area contributed by atoms with E-state index in [0.717, 1.165) is 5.56 Å². The van der Waals surface area contributed by atoms with Crippen molar-refractivity contribution < 1.29 is 18.7 Å². The Morgan fingerprint density at radius 1 is 1.22 bits per heavy atom. The zero-order valence-corrected chi connectivity index (χ0v) is 18.5. The number of rotatable bonds is 4. The Kier molecular flexibility index (Phi) is 5.03. The van der Waals surface area contributed by atoms with E-state index in [-0.39, 0.29) is 28.5 Å². The zero-order valence-electron chi connectivity index (χ0n) is 17.0. The summed E-state index contributed by atoms with van der Waals surface area (Å²) in [6.45, 7) is 2.14. The summed E-state index contributed by atoms with van der Waals surface area (Å²) in [6, 6.07) is 11.5. The molecule has 5 rings (SSSR count). The lowest BCUT2D eigenvalue weighted by Crippen LogP contribution is -2.49. The molecule has 0 unspecified atom stereocenters. The molecule has 2 aromatic rings. The third-order valence-electron chi connectivity index (χ3n) is 6.15. The zero-order chi connectivity index (χ0) is 22.6. The number of benzene rings is 2. The molecule has 2 fully saturated rings. The Bertz CT molecular complexity index is 1170. The third-order valence-corrected chi connectivity index (χ3v) is 6.69. The number of ether oxygens (including phenoxy) is 1. The van der Waals surface area contributed by atoms with Crippen molar-refractivity contribution in [1.29, 1.82) is 0 Å². The topological polar surface area (TPSA) is 70.7 Å². The number of anilines is 2. The second-order valence-corrected chi connectivity index (χ2v) is 9.00. The van der Waals surface area contributed by atoms with E-state index < -0.39 is 29.4 Å². The minimum atomic E-state index is -0.978. The number of nitrogens with one attached hydrogen (secondary N) is 2. The van der Waals surface area contributed by atoms with Crippen LogP contribution in [0.25, 0.3) is 0 Å². The number of hydrogen-bond acceptors (Lipinski definition) is 4. The van der Waals surface area contributed by atoms with Gasteiger partial charge in [0.25, 0.3) is 0 Å². The van der Waals surface area contributed by atoms with Crippen LogP contribution in [-0.4, -0.2) is 35.2 Å². The molecule has 3 aliphatic heterocycles. The van der Waals surface area contributed by atoms with E-state index in [1.54, 1.807) is 12.1 Å². The summed E-state index contributed by atoms with van der Waals surface area (Å²) in [6.07, 6.45) is 3.22. The van der Waals surface area contributed by atoms with Gasteiger partial charge in [-0.25, -0.2) is 9.29 Å². The summed E-state index contributed by atoms with van der Waals surface area (Å²) in [7, 11) is 0. The van der Waals surface area contributed by atoms with Crippen LogP contribution in [0.4, 0.5) is 15.8 Å². The summed E-state index contributed by atoms with van der Waals surface area (Å²) < 4.78 is 19.5. The summed E-state index contributed by atoms with van der Waals surface area (Å²) in [4.78, 5) is 27.8. The number of hydrogen-bond donors (Lipinski definition) is 2. The number of thiocarbonyl (C=S) groups is 1. The Hall–Kier alpha value is -2.81. The van der Waals surface area contributed by atoms with E-state index in [4.69, 9.17) is 28.6 Å². The highest BCUT2D eigenvalue weighted by atomic mass is 35.5. The van der Waals surface area contributed by atoms with Crippen molar-refractivity contribution in [1.82, 2.24) is 5.32 Å². The standard InChI is InChI=1S/C23H19ClFN3O3S/c1-12-2-5-14(6-3-12)28-20(29)18-17-8-9-23(31-17,19(18)21(28)30)11-26-22(32)27-13-4-7-16(25)15(24)10-13/h2-10,17-19H,11H2,1H3,(H2,26,27,32)/t17-,18+,19-,23+/m1/s1. The van der Waals surface area contributed by atoms with Gasteiger partial charge in [0.1, 0.15) is 11.4 Å². The molecule has 0 saturated carbocycles. The number of carbonyl (C=O) groups excluding carboxylic acids is 2. The average molecular weight is 472 g/mol. The fraction of sp³-hybridized carbons (Fsp3) is 0.261. The maximum atomic E-state index is 13.4. The number of imide groups is 1. The molecule has 4 atom stereocenters. The highest BCUT2D eigenvalue weighted by molar-refractivity contribution is 7.80. The number of amides is 2. The molecule has 32 heavy (non-hydrogen) atoms. The van der Waals surface area contributed by atoms with Gasteiger partial charge < -0.3 is 15.4 Å². The Labute approximate surface area is 194 Å². The molecule has 6 nitrogen and oxygen atoms in total. The lowest BCUT2D eigenvalue weighted by molar-refractivity contribution is -0.126. The van der Waals surface area contributed by atoms with Crippen LogP contribution in [0.5, 0.6) is 0 Å². The molecule has 3 aliphatic rings. The minimum absolute atomic E-state index is 0.0220. The second kappa shape index (κ2) is 7.65. The molecular formula is C23H19ClFN3O3S. The van der Waals surface area contributed by atoms with Gasteiger partial charge in [-0.05, 0) is 49.5 Å². The SMILES string of the molecule is Cc1ccc(N2C(=O)[C@H]3[C@H]4C=C[C@@](CNC(=S)Nc5ccc(F)c(Cl)c5)(O4)[C@H]3C2=O)cc1. The van der Waals surface area contributed by atoms with Crippen LogP contribution in [0.3, 0.4) is 0 Å². The molecule has 2 N–H and O–H groups in total. The Morgan fingerprint density at radius 3 is 2.69 bits per heavy atom. The van der Waals surface area contributed by atoms with Crippen LogP contribution >= 0.6 is 23.8 Å². The van der Waals surface area contributed by atoms with Gasteiger partial charge in [0, 0.05) is 5.69 Å². The largest absolute Gasteiger partial charge is 0.360 e. The van der Waals surface area contributed by atoms with Gasteiger partial charge in [-0.1, -0.05) is 41.4 Å². The van der Waals surface area contributed by atoms with E-state index in [9.17, 15) is 14.0 Å². The lowest BCUT2D eigenvalue weighted by Gasteiger charge is -2.29. The fourth-order valence-corrected chi connectivity index (χ4v) is 4.99. The van der Waals surface area contributed by atoms with Crippen LogP contribution in [-0.2, 0) is 14.3 Å². The maximum Gasteiger partial charge on any atom is 0.241 e. The summed E-state index contributed by atoms with van der Waals surface area (Å²) in [5, 5.41) is 6.24. The van der Waals surface area contributed by atoms with Gasteiger partial charge in [-0.2, -0.15) is 0 Å². The highest BCUT2D eigenvalue weighted by Gasteiger charge is 2.67. The molecule has 0 radical (unpaired) electrons. The number of carbonyl (C=O) groups is 2. The first-order chi connectivity index (χ1) is 15.3. The summed E-state index contributed by atoms with van der Waals surface area (Å²) >= 11 is 11.2. The molecule has 0 spiro atoms. The first-order valence-corrected chi connectivity index (χ1v) is 10.9. The monoisotopic (exact) mass is 471 g/mol. The predicted octanol–water partition coefficient (Wildman–Crippen LogP) is 3.59. The molecular weight excluding hydrogens is 453 g/mol. The van der Waals surface area contributed by atoms with Crippen molar-refractivity contribution in [2.24, 2.45) is 11.8 Å². The molecule has 164 valence electrons. The van der Waals surface area contributed by atoms with E-state index in [1.165, 1.54) is 23.1 Å². The van der Waals surface area contributed by atoms with E-state index in [0.29, 0.717) is 11.4 Å². The second-order valence-electron chi connectivity index (χ2n) is 8.18. The van der Waals surface area contributed by atoms with Crippen LogP contribution in [0, 0.1) is 24.6 Å². The van der Waals surface area contributed by atoms with Gasteiger partial charge in [-0.3, -0.25) is 9.59 Å². The van der Waals surface area contributed by atoms with Crippen molar-refractivity contribution in [3.05, 3.63) is 71.0 Å². The van der Waals surface area contributed by atoms with Crippen molar-refractivity contribution in [3.8, 4) is 0 Å². The number of halogens is 2. The molecule has 2 saturated heterocycles. The van der Waals surface area contributed by atoms with E-state index in [2.05, 4.69) is 10.6 Å². The van der Waals surface area contributed by atoms with Gasteiger partial charge in [0.15, 0.2) is 5.11 Å². The molecule has 0 aromatic heterocycles. The first-order valence-electron chi connectivity index (χ1n) is 10.1. The average Bonchev–Trinajstić information content (AvgIpc) is 3.41. The molecule has 2 amide bonds. The van der Waals surface area contributed by atoms with Crippen molar-refractivity contribution in [2.75, 3.05) is 16.8 Å². The van der Waals surface area contributed by atoms with Crippen LogP contribution in [0.1, 0.15) is 5.56 Å². The van der Waals surface area contributed by atoms with Crippen LogP contribution in [0.2, 0.25) is 5.02 Å². The molecule has 2 bridgehead atoms. The minimum Gasteiger partial charge on any atom is -0.360 e. The molecule has 2 aromatic carbocycles. The Morgan fingerprint density at radius 2 is 1.97 bits per heavy atom. The fourth-order valence-electron chi connectivity index (χ4n) is 4.62. The maximum absolute atomic E-state index is 13.4.